The number of halogens is 2. The highest BCUT2D eigenvalue weighted by molar-refractivity contribution is 7.91. The van der Waals surface area contributed by atoms with E-state index in [0.717, 1.165) is 5.48 Å². The summed E-state index contributed by atoms with van der Waals surface area (Å²) in [6.45, 7) is 1.24. The molecule has 3 rings (SSSR count). The molecule has 1 fully saturated rings. The Hall–Kier alpha value is -3.57. The van der Waals surface area contributed by atoms with Crippen molar-refractivity contribution in [3.63, 3.8) is 0 Å². The Kier molecular flexibility index (Phi) is 8.82. The lowest BCUT2D eigenvalue weighted by Gasteiger charge is -2.30. The second-order valence-electron chi connectivity index (χ2n) is 8.43. The van der Waals surface area contributed by atoms with Crippen molar-refractivity contribution in [3.05, 3.63) is 65.2 Å². The van der Waals surface area contributed by atoms with Gasteiger partial charge in [-0.2, -0.15) is 0 Å². The number of hydrogen-bond acceptors (Lipinski definition) is 8. The Morgan fingerprint density at radius 2 is 1.54 bits per heavy atom. The molecule has 0 unspecified atom stereocenters. The van der Waals surface area contributed by atoms with E-state index in [0.29, 0.717) is 36.9 Å². The average Bonchev–Trinajstić information content (AvgIpc) is 2.87. The van der Waals surface area contributed by atoms with Gasteiger partial charge in [0.25, 0.3) is 18.2 Å². The fourth-order valence-electron chi connectivity index (χ4n) is 3.27. The summed E-state index contributed by atoms with van der Waals surface area (Å²) >= 11 is 0. The quantitative estimate of drug-likeness (QED) is 0.230. The molecule has 0 aliphatic carbocycles. The van der Waals surface area contributed by atoms with Crippen LogP contribution in [-0.2, 0) is 14.6 Å². The predicted molar refractivity (Wildman–Crippen MR) is 128 cm³/mol. The first kappa shape index (κ1) is 28.0. The Morgan fingerprint density at radius 3 is 2.03 bits per heavy atom. The Morgan fingerprint density at radius 1 is 1.03 bits per heavy atom. The van der Waals surface area contributed by atoms with Gasteiger partial charge in [-0.15, -0.1) is 5.06 Å². The lowest BCUT2D eigenvalue weighted by Crippen LogP contribution is -2.61. The molecule has 0 saturated carbocycles. The molecular weight excluding hydrogens is 512 g/mol. The van der Waals surface area contributed by atoms with Crippen LogP contribution in [0.2, 0.25) is 0 Å². The van der Waals surface area contributed by atoms with Crippen LogP contribution in [0.15, 0.2) is 48.5 Å². The van der Waals surface area contributed by atoms with Crippen LogP contribution in [0, 0.1) is 11.8 Å². The van der Waals surface area contributed by atoms with Gasteiger partial charge in [0.05, 0.1) is 11.5 Å². The van der Waals surface area contributed by atoms with Crippen molar-refractivity contribution < 1.29 is 41.9 Å². The van der Waals surface area contributed by atoms with Gasteiger partial charge >= 0.3 is 0 Å². The van der Waals surface area contributed by atoms with Crippen LogP contribution in [0.1, 0.15) is 28.4 Å². The molecule has 13 heteroatoms. The normalized spacial score (nSPS) is 17.6. The zero-order chi connectivity index (χ0) is 27.2. The van der Waals surface area contributed by atoms with Crippen LogP contribution in [-0.4, -0.2) is 78.3 Å². The number of hydroxylamine groups is 3. The zero-order valence-corrected chi connectivity index (χ0v) is 20.5. The molecule has 37 heavy (non-hydrogen) atoms. The van der Waals surface area contributed by atoms with Crippen LogP contribution in [0.3, 0.4) is 0 Å². The summed E-state index contributed by atoms with van der Waals surface area (Å²) in [4.78, 5) is 29.8. The molecule has 0 aromatic heterocycles. The lowest BCUT2D eigenvalue weighted by molar-refractivity contribution is -0.149. The second kappa shape index (κ2) is 11.7. The molecule has 10 nitrogen and oxygen atoms in total. The highest BCUT2D eigenvalue weighted by atomic mass is 32.2. The van der Waals surface area contributed by atoms with Gasteiger partial charge in [0.15, 0.2) is 15.4 Å². The number of nitrogens with one attached hydrogen (secondary N) is 2. The maximum Gasteiger partial charge on any atom is 0.269 e. The van der Waals surface area contributed by atoms with E-state index in [9.17, 15) is 31.9 Å². The molecule has 2 amide bonds. The fraction of sp³-hybridized carbons (Fsp3) is 0.333. The first-order valence-electron chi connectivity index (χ1n) is 11.0. The smallest absolute Gasteiger partial charge is 0.269 e. The topological polar surface area (TPSA) is 145 Å². The van der Waals surface area contributed by atoms with Crippen molar-refractivity contribution >= 4 is 21.7 Å². The number of sulfone groups is 1. The third kappa shape index (κ3) is 7.46. The lowest BCUT2D eigenvalue weighted by atomic mass is 9.95. The van der Waals surface area contributed by atoms with Crippen molar-refractivity contribution in [1.29, 1.82) is 0 Å². The molecule has 1 saturated heterocycles. The molecule has 2 aromatic carbocycles. The molecule has 198 valence electrons. The molecule has 0 bridgehead atoms. The summed E-state index contributed by atoms with van der Waals surface area (Å²) in [5, 5.41) is 22.3. The summed E-state index contributed by atoms with van der Waals surface area (Å²) in [6, 6.07) is 10.5. The van der Waals surface area contributed by atoms with E-state index in [1.165, 1.54) is 24.3 Å². The SMILES string of the molecule is C[C@@](O)(C(F)F)[C@H](NC(=O)c1ccc(C#Cc2ccc(ON3CCS(=O)(=O)CC3)cc2)cc1)C(=O)NO. The van der Waals surface area contributed by atoms with Gasteiger partial charge < -0.3 is 15.3 Å². The number of rotatable bonds is 7. The van der Waals surface area contributed by atoms with E-state index >= 15 is 0 Å². The Bertz CT molecular complexity index is 1270. The van der Waals surface area contributed by atoms with Gasteiger partial charge in [0, 0.05) is 29.8 Å². The standard InChI is InChI=1S/C24H25F2N3O7S/c1-24(32,23(25)26)20(22(31)28-33)27-21(30)18-8-4-16(5-9-18)2-3-17-6-10-19(11-7-17)36-29-12-14-37(34,35)15-13-29/h4-11,20,23,32-33H,12-15H2,1H3,(H,27,30)(H,28,31)/t20-,24+/m1/s1. The fourth-order valence-corrected chi connectivity index (χ4v) is 4.43. The minimum atomic E-state index is -3.38. The van der Waals surface area contributed by atoms with E-state index in [1.54, 1.807) is 29.3 Å². The van der Waals surface area contributed by atoms with Crippen LogP contribution >= 0.6 is 0 Å². The first-order valence-corrected chi connectivity index (χ1v) is 12.8. The minimum Gasteiger partial charge on any atom is -0.406 e. The van der Waals surface area contributed by atoms with Crippen molar-refractivity contribution in [2.24, 2.45) is 0 Å². The number of aliphatic hydroxyl groups is 1. The van der Waals surface area contributed by atoms with Gasteiger partial charge in [-0.25, -0.2) is 22.7 Å². The molecule has 0 radical (unpaired) electrons. The van der Waals surface area contributed by atoms with E-state index in [2.05, 4.69) is 11.8 Å². The third-order valence-corrected chi connectivity index (χ3v) is 7.17. The van der Waals surface area contributed by atoms with E-state index in [1.807, 2.05) is 5.32 Å². The minimum absolute atomic E-state index is 0.0124. The largest absolute Gasteiger partial charge is 0.406 e. The third-order valence-electron chi connectivity index (χ3n) is 5.56. The number of nitrogens with zero attached hydrogens (tertiary/aromatic N) is 1. The van der Waals surface area contributed by atoms with Gasteiger partial charge in [-0.1, -0.05) is 11.8 Å². The number of carbonyl (C=O) groups excluding carboxylic acids is 2. The number of benzene rings is 2. The summed E-state index contributed by atoms with van der Waals surface area (Å²) in [7, 11) is -3.00. The second-order valence-corrected chi connectivity index (χ2v) is 10.7. The van der Waals surface area contributed by atoms with E-state index < -0.39 is 39.7 Å². The number of amides is 2. The van der Waals surface area contributed by atoms with Crippen LogP contribution < -0.4 is 15.6 Å². The van der Waals surface area contributed by atoms with Gasteiger partial charge in [0.2, 0.25) is 0 Å². The van der Waals surface area contributed by atoms with Crippen molar-refractivity contribution in [2.45, 2.75) is 25.0 Å². The van der Waals surface area contributed by atoms with Crippen LogP contribution in [0.25, 0.3) is 0 Å². The molecule has 0 spiro atoms. The molecule has 2 aromatic rings. The monoisotopic (exact) mass is 537 g/mol. The predicted octanol–water partition coefficient (Wildman–Crippen LogP) is 0.730. The van der Waals surface area contributed by atoms with Crippen LogP contribution in [0.5, 0.6) is 5.75 Å². The summed E-state index contributed by atoms with van der Waals surface area (Å²) < 4.78 is 49.3. The number of carbonyl (C=O) groups is 2. The van der Waals surface area contributed by atoms with Crippen molar-refractivity contribution in [2.75, 3.05) is 24.6 Å². The number of hydrogen-bond donors (Lipinski definition) is 4. The Labute approximate surface area is 212 Å². The molecule has 4 N–H and O–H groups in total. The van der Waals surface area contributed by atoms with Gasteiger partial charge in [-0.05, 0) is 55.5 Å². The average molecular weight is 538 g/mol. The van der Waals surface area contributed by atoms with Gasteiger partial charge in [-0.3, -0.25) is 14.8 Å². The summed E-state index contributed by atoms with van der Waals surface area (Å²) in [5.41, 5.74) is -0.555. The maximum absolute atomic E-state index is 13.1. The van der Waals surface area contributed by atoms with E-state index in [4.69, 9.17) is 10.0 Å². The number of alkyl halides is 2. The molecule has 1 aliphatic heterocycles. The molecule has 2 atom stereocenters. The van der Waals surface area contributed by atoms with Gasteiger partial charge in [0.1, 0.15) is 11.8 Å². The van der Waals surface area contributed by atoms with Crippen molar-refractivity contribution in [1.82, 2.24) is 15.9 Å². The molecular formula is C24H25F2N3O7S. The van der Waals surface area contributed by atoms with Crippen molar-refractivity contribution in [3.8, 4) is 17.6 Å². The zero-order valence-electron chi connectivity index (χ0n) is 19.6. The maximum atomic E-state index is 13.1. The Balaban J connectivity index is 1.61. The highest BCUT2D eigenvalue weighted by Gasteiger charge is 2.46. The highest BCUT2D eigenvalue weighted by Crippen LogP contribution is 2.20. The van der Waals surface area contributed by atoms with E-state index in [-0.39, 0.29) is 17.1 Å². The molecule has 1 heterocycles. The summed E-state index contributed by atoms with van der Waals surface area (Å²) in [5.74, 6) is 4.17. The van der Waals surface area contributed by atoms with Crippen LogP contribution in [0.4, 0.5) is 8.78 Å². The summed E-state index contributed by atoms with van der Waals surface area (Å²) in [6.07, 6.45) is -3.38. The molecule has 1 aliphatic rings. The first-order chi connectivity index (χ1) is 17.4.